The number of halogens is 4. The van der Waals surface area contributed by atoms with Gasteiger partial charge in [0.1, 0.15) is 48.8 Å². The first-order chi connectivity index (χ1) is 18.2. The molecule has 0 spiro atoms. The minimum atomic E-state index is -4.25. The standard InChI is InChI=1S/C12H16F3N.C12H24O11.ClH/c1-3-16-9(2)7-10-5-4-6-11(8-10)12(13,14)15;13-1-4(16)7(18)11(5(17)2-14)23-12-10(21)9(20)8(19)6(3-15)22-12;/h4-6,8-9,16H,3,7H2,1-2H3;4-21H,1-3H2;1H/t;4-,5+,6+,7+,8+,9-,10+,11+,12+;/m.0./s1. The molecule has 0 radical (unpaired) electrons. The number of rotatable bonds is 12. The minimum absolute atomic E-state index is 0. The van der Waals surface area contributed by atoms with Crippen molar-refractivity contribution < 1.29 is 68.6 Å². The largest absolute Gasteiger partial charge is 0.416 e. The first-order valence-electron chi connectivity index (χ1n) is 12.3. The van der Waals surface area contributed by atoms with Crippen molar-refractivity contribution in [2.75, 3.05) is 26.4 Å². The fraction of sp³-hybridized carbons (Fsp3) is 0.750. The van der Waals surface area contributed by atoms with Crippen LogP contribution in [0.3, 0.4) is 0 Å². The molecule has 1 aromatic rings. The topological polar surface area (TPSA) is 213 Å². The van der Waals surface area contributed by atoms with E-state index in [1.807, 2.05) is 13.8 Å². The summed E-state index contributed by atoms with van der Waals surface area (Å²) in [6.45, 7) is 2.30. The number of nitrogens with one attached hydrogen (secondary N) is 1. The van der Waals surface area contributed by atoms with Gasteiger partial charge in [-0.15, -0.1) is 12.4 Å². The van der Waals surface area contributed by atoms with Crippen LogP contribution in [-0.2, 0) is 22.1 Å². The van der Waals surface area contributed by atoms with Gasteiger partial charge < -0.3 is 60.7 Å². The fourth-order valence-electron chi connectivity index (χ4n) is 3.81. The number of ether oxygens (including phenoxy) is 2. The van der Waals surface area contributed by atoms with E-state index < -0.39 is 86.7 Å². The van der Waals surface area contributed by atoms with Gasteiger partial charge >= 0.3 is 6.18 Å². The Hall–Kier alpha value is -1.18. The van der Waals surface area contributed by atoms with Gasteiger partial charge in [0.25, 0.3) is 0 Å². The van der Waals surface area contributed by atoms with E-state index in [0.717, 1.165) is 12.6 Å². The lowest BCUT2D eigenvalue weighted by molar-refractivity contribution is -0.327. The number of likely N-dealkylation sites (N-methyl/N-ethyl adjacent to an activating group) is 1. The van der Waals surface area contributed by atoms with E-state index in [-0.39, 0.29) is 18.4 Å². The van der Waals surface area contributed by atoms with Gasteiger partial charge in [-0.1, -0.05) is 25.1 Å². The molecule has 0 aromatic heterocycles. The molecule has 1 heterocycles. The molecule has 10 atom stereocenters. The molecule has 1 saturated heterocycles. The van der Waals surface area contributed by atoms with Crippen molar-refractivity contribution in [3.05, 3.63) is 35.4 Å². The molecule has 236 valence electrons. The number of aliphatic hydroxyl groups is 9. The van der Waals surface area contributed by atoms with Crippen molar-refractivity contribution >= 4 is 12.4 Å². The van der Waals surface area contributed by atoms with Gasteiger partial charge in [0.2, 0.25) is 0 Å². The lowest BCUT2D eigenvalue weighted by Crippen LogP contribution is -2.61. The number of hydrogen-bond donors (Lipinski definition) is 10. The molecule has 16 heteroatoms. The molecular weight excluding hydrogens is 571 g/mol. The van der Waals surface area contributed by atoms with E-state index in [2.05, 4.69) is 5.32 Å². The highest BCUT2D eigenvalue weighted by molar-refractivity contribution is 5.85. The van der Waals surface area contributed by atoms with Crippen molar-refractivity contribution in [3.8, 4) is 0 Å². The summed E-state index contributed by atoms with van der Waals surface area (Å²) in [5, 5.41) is 88.1. The molecule has 2 rings (SSSR count). The monoisotopic (exact) mass is 611 g/mol. The van der Waals surface area contributed by atoms with Crippen LogP contribution in [0.4, 0.5) is 13.2 Å². The van der Waals surface area contributed by atoms with Crippen LogP contribution >= 0.6 is 12.4 Å². The van der Waals surface area contributed by atoms with E-state index in [1.165, 1.54) is 12.1 Å². The Morgan fingerprint density at radius 3 is 2.08 bits per heavy atom. The van der Waals surface area contributed by atoms with Gasteiger partial charge in [-0.05, 0) is 31.5 Å². The van der Waals surface area contributed by atoms with Crippen LogP contribution in [-0.4, -0.2) is 133 Å². The molecule has 12 nitrogen and oxygen atoms in total. The maximum atomic E-state index is 12.4. The maximum absolute atomic E-state index is 12.4. The highest BCUT2D eigenvalue weighted by atomic mass is 35.5. The molecule has 0 saturated carbocycles. The summed E-state index contributed by atoms with van der Waals surface area (Å²) < 4.78 is 47.5. The summed E-state index contributed by atoms with van der Waals surface area (Å²) in [6, 6.07) is 5.68. The maximum Gasteiger partial charge on any atom is 0.416 e. The number of hydrogen-bond acceptors (Lipinski definition) is 12. The fourth-order valence-corrected chi connectivity index (χ4v) is 3.81. The molecule has 40 heavy (non-hydrogen) atoms. The quantitative estimate of drug-likeness (QED) is 0.123. The summed E-state index contributed by atoms with van der Waals surface area (Å²) in [5.74, 6) is 0. The SMILES string of the molecule is CCNC(C)Cc1cccc(C(F)(F)F)c1.Cl.OC[C@@H](O)[C@@H](O[C@H]1O[C@H](CO)[C@@H](O)[C@H](O)[C@H]1O)[C@H](O)[C@@H](O)CO. The minimum Gasteiger partial charge on any atom is -0.394 e. The number of benzene rings is 1. The van der Waals surface area contributed by atoms with Gasteiger partial charge in [0.15, 0.2) is 6.29 Å². The highest BCUT2D eigenvalue weighted by Crippen LogP contribution is 2.30. The first kappa shape index (κ1) is 38.8. The zero-order chi connectivity index (χ0) is 29.9. The molecule has 10 N–H and O–H groups in total. The Kier molecular flexibility index (Phi) is 17.8. The van der Waals surface area contributed by atoms with Crippen LogP contribution < -0.4 is 5.32 Å². The highest BCUT2D eigenvalue weighted by Gasteiger charge is 2.46. The van der Waals surface area contributed by atoms with E-state index >= 15 is 0 Å². The van der Waals surface area contributed by atoms with Crippen molar-refractivity contribution in [1.29, 1.82) is 0 Å². The average molecular weight is 612 g/mol. The first-order valence-corrected chi connectivity index (χ1v) is 12.3. The van der Waals surface area contributed by atoms with Gasteiger partial charge in [-0.25, -0.2) is 0 Å². The molecule has 1 aliphatic heterocycles. The summed E-state index contributed by atoms with van der Waals surface area (Å²) in [6.07, 6.45) is -18.7. The van der Waals surface area contributed by atoms with Gasteiger partial charge in [0, 0.05) is 6.04 Å². The second-order valence-corrected chi connectivity index (χ2v) is 9.15. The van der Waals surface area contributed by atoms with Gasteiger partial charge in [-0.2, -0.15) is 13.2 Å². The summed E-state index contributed by atoms with van der Waals surface area (Å²) in [7, 11) is 0. The summed E-state index contributed by atoms with van der Waals surface area (Å²) in [4.78, 5) is 0. The molecule has 1 aromatic carbocycles. The van der Waals surface area contributed by atoms with Crippen molar-refractivity contribution in [1.82, 2.24) is 5.32 Å². The zero-order valence-corrected chi connectivity index (χ0v) is 22.8. The summed E-state index contributed by atoms with van der Waals surface area (Å²) in [5.41, 5.74) is 0.136. The lowest BCUT2D eigenvalue weighted by Gasteiger charge is -2.42. The van der Waals surface area contributed by atoms with Crippen molar-refractivity contribution in [2.45, 2.75) is 87.6 Å². The third-order valence-corrected chi connectivity index (χ3v) is 5.97. The predicted molar refractivity (Wildman–Crippen MR) is 136 cm³/mol. The van der Waals surface area contributed by atoms with Crippen LogP contribution in [0.2, 0.25) is 0 Å². The van der Waals surface area contributed by atoms with Crippen molar-refractivity contribution in [2.24, 2.45) is 0 Å². The van der Waals surface area contributed by atoms with E-state index in [9.17, 15) is 43.8 Å². The molecule has 1 aliphatic rings. The van der Waals surface area contributed by atoms with Gasteiger partial charge in [-0.3, -0.25) is 0 Å². The second-order valence-electron chi connectivity index (χ2n) is 9.15. The number of aliphatic hydroxyl groups excluding tert-OH is 9. The third-order valence-electron chi connectivity index (χ3n) is 5.97. The van der Waals surface area contributed by atoms with E-state index in [0.29, 0.717) is 12.0 Å². The average Bonchev–Trinajstić information content (AvgIpc) is 2.90. The normalized spacial score (nSPS) is 26.9. The molecule has 0 aliphatic carbocycles. The smallest absolute Gasteiger partial charge is 0.394 e. The van der Waals surface area contributed by atoms with Gasteiger partial charge in [0.05, 0.1) is 25.4 Å². The van der Waals surface area contributed by atoms with E-state index in [1.54, 1.807) is 6.07 Å². The Bertz CT molecular complexity index is 827. The van der Waals surface area contributed by atoms with Crippen molar-refractivity contribution in [3.63, 3.8) is 0 Å². The third kappa shape index (κ3) is 11.6. The molecule has 0 amide bonds. The molecular formula is C24H41ClF3NO11. The predicted octanol–water partition coefficient (Wildman–Crippen LogP) is -2.09. The van der Waals surface area contributed by atoms with E-state index in [4.69, 9.17) is 24.8 Å². The lowest BCUT2D eigenvalue weighted by atomic mass is 9.98. The Balaban J connectivity index is 0.000000788. The Morgan fingerprint density at radius 1 is 0.975 bits per heavy atom. The van der Waals surface area contributed by atoms with Crippen LogP contribution in [0, 0.1) is 0 Å². The molecule has 0 bridgehead atoms. The molecule has 1 fully saturated rings. The zero-order valence-electron chi connectivity index (χ0n) is 22.0. The summed E-state index contributed by atoms with van der Waals surface area (Å²) >= 11 is 0. The van der Waals surface area contributed by atoms with Crippen LogP contribution in [0.1, 0.15) is 25.0 Å². The molecule has 1 unspecified atom stereocenters. The second kappa shape index (κ2) is 18.4. The van der Waals surface area contributed by atoms with Crippen LogP contribution in [0.5, 0.6) is 0 Å². The number of alkyl halides is 3. The Labute approximate surface area is 236 Å². The van der Waals surface area contributed by atoms with Crippen LogP contribution in [0.15, 0.2) is 24.3 Å². The van der Waals surface area contributed by atoms with Crippen LogP contribution in [0.25, 0.3) is 0 Å². The Morgan fingerprint density at radius 2 is 1.57 bits per heavy atom.